The van der Waals surface area contributed by atoms with Crippen molar-refractivity contribution in [3.8, 4) is 0 Å². The summed E-state index contributed by atoms with van der Waals surface area (Å²) in [4.78, 5) is 0. The van der Waals surface area contributed by atoms with Crippen molar-refractivity contribution in [2.75, 3.05) is 6.54 Å². The summed E-state index contributed by atoms with van der Waals surface area (Å²) in [6, 6.07) is 0.905. The molecule has 70 valence electrons. The molecule has 0 aromatic carbocycles. The van der Waals surface area contributed by atoms with Crippen LogP contribution >= 0.6 is 0 Å². The van der Waals surface area contributed by atoms with E-state index in [4.69, 9.17) is 0 Å². The van der Waals surface area contributed by atoms with Gasteiger partial charge in [0.15, 0.2) is 0 Å². The minimum Gasteiger partial charge on any atom is -0.314 e. The fraction of sp³-hybridized carbons (Fsp3) is 1.00. The molecule has 2 fully saturated rings. The van der Waals surface area contributed by atoms with Gasteiger partial charge in [0.1, 0.15) is 0 Å². The molecule has 2 atom stereocenters. The van der Waals surface area contributed by atoms with Crippen LogP contribution in [0.1, 0.15) is 45.4 Å². The van der Waals surface area contributed by atoms with Gasteiger partial charge < -0.3 is 5.32 Å². The Labute approximate surface area is 75.9 Å². The SMILES string of the molecule is CC1CCCC(CNC2CC2)C1. The first kappa shape index (κ1) is 8.55. The summed E-state index contributed by atoms with van der Waals surface area (Å²) in [6.45, 7) is 3.71. The molecule has 0 heterocycles. The molecule has 0 aromatic heterocycles. The number of nitrogens with one attached hydrogen (secondary N) is 1. The van der Waals surface area contributed by atoms with Crippen molar-refractivity contribution in [1.82, 2.24) is 5.32 Å². The van der Waals surface area contributed by atoms with E-state index in [9.17, 15) is 0 Å². The zero-order valence-corrected chi connectivity index (χ0v) is 8.18. The maximum absolute atomic E-state index is 3.65. The highest BCUT2D eigenvalue weighted by Crippen LogP contribution is 2.29. The Morgan fingerprint density at radius 3 is 2.67 bits per heavy atom. The first-order chi connectivity index (χ1) is 5.84. The average Bonchev–Trinajstić information content (AvgIpc) is 2.84. The Bertz CT molecular complexity index is 140. The number of rotatable bonds is 3. The third kappa shape index (κ3) is 2.48. The largest absolute Gasteiger partial charge is 0.314 e. The van der Waals surface area contributed by atoms with Crippen LogP contribution in [0.4, 0.5) is 0 Å². The molecule has 12 heavy (non-hydrogen) atoms. The summed E-state index contributed by atoms with van der Waals surface area (Å²) >= 11 is 0. The predicted octanol–water partition coefficient (Wildman–Crippen LogP) is 2.56. The number of hydrogen-bond donors (Lipinski definition) is 1. The van der Waals surface area contributed by atoms with Gasteiger partial charge in [-0.3, -0.25) is 0 Å². The average molecular weight is 167 g/mol. The Morgan fingerprint density at radius 1 is 1.17 bits per heavy atom. The molecule has 1 heteroatoms. The van der Waals surface area contributed by atoms with E-state index in [0.717, 1.165) is 17.9 Å². The van der Waals surface area contributed by atoms with E-state index < -0.39 is 0 Å². The summed E-state index contributed by atoms with van der Waals surface area (Å²) in [6.07, 6.45) is 8.76. The molecule has 0 radical (unpaired) electrons. The highest BCUT2D eigenvalue weighted by Gasteiger charge is 2.23. The zero-order valence-electron chi connectivity index (χ0n) is 8.18. The van der Waals surface area contributed by atoms with Crippen LogP contribution in [0, 0.1) is 11.8 Å². The second kappa shape index (κ2) is 3.78. The summed E-state index contributed by atoms with van der Waals surface area (Å²) in [7, 11) is 0. The van der Waals surface area contributed by atoms with Gasteiger partial charge in [0.25, 0.3) is 0 Å². The maximum Gasteiger partial charge on any atom is 0.00683 e. The second-order valence-corrected chi connectivity index (χ2v) is 4.82. The van der Waals surface area contributed by atoms with Crippen molar-refractivity contribution in [2.45, 2.75) is 51.5 Å². The van der Waals surface area contributed by atoms with Crippen molar-refractivity contribution < 1.29 is 0 Å². The van der Waals surface area contributed by atoms with E-state index in [2.05, 4.69) is 12.2 Å². The van der Waals surface area contributed by atoms with Crippen LogP contribution in [-0.2, 0) is 0 Å². The van der Waals surface area contributed by atoms with Gasteiger partial charge in [0.2, 0.25) is 0 Å². The molecular formula is C11H21N. The smallest absolute Gasteiger partial charge is 0.00683 e. The van der Waals surface area contributed by atoms with Crippen LogP contribution in [-0.4, -0.2) is 12.6 Å². The number of hydrogen-bond acceptors (Lipinski definition) is 1. The lowest BCUT2D eigenvalue weighted by atomic mass is 9.82. The molecule has 2 aliphatic rings. The van der Waals surface area contributed by atoms with Crippen LogP contribution in [0.2, 0.25) is 0 Å². The molecule has 0 aromatic rings. The Hall–Kier alpha value is -0.0400. The first-order valence-electron chi connectivity index (χ1n) is 5.58. The maximum atomic E-state index is 3.65. The molecular weight excluding hydrogens is 146 g/mol. The minimum absolute atomic E-state index is 0.905. The van der Waals surface area contributed by atoms with E-state index in [-0.39, 0.29) is 0 Å². The van der Waals surface area contributed by atoms with Gasteiger partial charge in [-0.2, -0.15) is 0 Å². The fourth-order valence-corrected chi connectivity index (χ4v) is 2.37. The van der Waals surface area contributed by atoms with Gasteiger partial charge in [-0.1, -0.05) is 19.8 Å². The van der Waals surface area contributed by atoms with Gasteiger partial charge in [-0.05, 0) is 44.1 Å². The molecule has 1 nitrogen and oxygen atoms in total. The molecule has 2 unspecified atom stereocenters. The Balaban J connectivity index is 1.64. The second-order valence-electron chi connectivity index (χ2n) is 4.82. The van der Waals surface area contributed by atoms with E-state index >= 15 is 0 Å². The third-order valence-corrected chi connectivity index (χ3v) is 3.32. The minimum atomic E-state index is 0.905. The van der Waals surface area contributed by atoms with Crippen molar-refractivity contribution in [2.24, 2.45) is 11.8 Å². The first-order valence-corrected chi connectivity index (χ1v) is 5.58. The van der Waals surface area contributed by atoms with E-state index in [0.29, 0.717) is 0 Å². The molecule has 0 amide bonds. The summed E-state index contributed by atoms with van der Waals surface area (Å²) < 4.78 is 0. The van der Waals surface area contributed by atoms with E-state index in [1.807, 2.05) is 0 Å². The van der Waals surface area contributed by atoms with E-state index in [1.54, 1.807) is 0 Å². The summed E-state index contributed by atoms with van der Waals surface area (Å²) in [5, 5.41) is 3.65. The third-order valence-electron chi connectivity index (χ3n) is 3.32. The lowest BCUT2D eigenvalue weighted by Crippen LogP contribution is -2.27. The van der Waals surface area contributed by atoms with Gasteiger partial charge in [0, 0.05) is 6.04 Å². The van der Waals surface area contributed by atoms with Gasteiger partial charge in [-0.15, -0.1) is 0 Å². The Kier molecular flexibility index (Phi) is 2.69. The lowest BCUT2D eigenvalue weighted by Gasteiger charge is -2.26. The molecule has 0 saturated heterocycles. The highest BCUT2D eigenvalue weighted by atomic mass is 14.9. The van der Waals surface area contributed by atoms with Crippen LogP contribution in [0.5, 0.6) is 0 Å². The van der Waals surface area contributed by atoms with Crippen LogP contribution in [0.15, 0.2) is 0 Å². The van der Waals surface area contributed by atoms with Crippen LogP contribution in [0.25, 0.3) is 0 Å². The van der Waals surface area contributed by atoms with Gasteiger partial charge in [0.05, 0.1) is 0 Å². The standard InChI is InChI=1S/C11H21N/c1-9-3-2-4-10(7-9)8-12-11-5-6-11/h9-12H,2-8H2,1H3. The fourth-order valence-electron chi connectivity index (χ4n) is 2.37. The quantitative estimate of drug-likeness (QED) is 0.681. The van der Waals surface area contributed by atoms with Crippen molar-refractivity contribution in [1.29, 1.82) is 0 Å². The lowest BCUT2D eigenvalue weighted by molar-refractivity contribution is 0.274. The van der Waals surface area contributed by atoms with Crippen LogP contribution < -0.4 is 5.32 Å². The highest BCUT2D eigenvalue weighted by molar-refractivity contribution is 4.82. The van der Waals surface area contributed by atoms with Gasteiger partial charge in [-0.25, -0.2) is 0 Å². The van der Waals surface area contributed by atoms with E-state index in [1.165, 1.54) is 45.1 Å². The summed E-state index contributed by atoms with van der Waals surface area (Å²) in [5.41, 5.74) is 0. The normalized spacial score (nSPS) is 36.8. The molecule has 2 saturated carbocycles. The van der Waals surface area contributed by atoms with Crippen molar-refractivity contribution in [3.05, 3.63) is 0 Å². The topological polar surface area (TPSA) is 12.0 Å². The molecule has 0 bridgehead atoms. The molecule has 0 spiro atoms. The van der Waals surface area contributed by atoms with Gasteiger partial charge >= 0.3 is 0 Å². The molecule has 2 rings (SSSR count). The zero-order chi connectivity index (χ0) is 8.39. The van der Waals surface area contributed by atoms with Crippen molar-refractivity contribution in [3.63, 3.8) is 0 Å². The Morgan fingerprint density at radius 2 is 2.00 bits per heavy atom. The van der Waals surface area contributed by atoms with Crippen LogP contribution in [0.3, 0.4) is 0 Å². The molecule has 0 aliphatic heterocycles. The van der Waals surface area contributed by atoms with Crippen molar-refractivity contribution >= 4 is 0 Å². The predicted molar refractivity (Wildman–Crippen MR) is 52.1 cm³/mol. The monoisotopic (exact) mass is 167 g/mol. The molecule has 1 N–H and O–H groups in total. The molecule has 2 aliphatic carbocycles. The summed E-state index contributed by atoms with van der Waals surface area (Å²) in [5.74, 6) is 1.99.